The van der Waals surface area contributed by atoms with Crippen LogP contribution in [0.25, 0.3) is 9.69 Å². The van der Waals surface area contributed by atoms with Gasteiger partial charge in [0, 0.05) is 11.1 Å². The van der Waals surface area contributed by atoms with Gasteiger partial charge in [-0.1, -0.05) is 36.4 Å². The molecule has 0 saturated carbocycles. The van der Waals surface area contributed by atoms with E-state index >= 15 is 0 Å². The summed E-state index contributed by atoms with van der Waals surface area (Å²) < 4.78 is 0. The van der Waals surface area contributed by atoms with Gasteiger partial charge in [-0.3, -0.25) is 0 Å². The maximum absolute atomic E-state index is 7.65. The quantitative estimate of drug-likeness (QED) is 0.619. The zero-order chi connectivity index (χ0) is 17.0. The summed E-state index contributed by atoms with van der Waals surface area (Å²) in [5.41, 5.74) is 6.71. The van der Waals surface area contributed by atoms with Crippen molar-refractivity contribution in [3.8, 4) is 0 Å². The fourth-order valence-corrected chi connectivity index (χ4v) is 3.39. The maximum Gasteiger partial charge on any atom is 0.257 e. The first kappa shape index (κ1) is 16.8. The molecule has 0 heterocycles. The monoisotopic (exact) mass is 302 g/mol. The van der Waals surface area contributed by atoms with Crippen molar-refractivity contribution in [1.29, 1.82) is 0 Å². The zero-order valence-electron chi connectivity index (χ0n) is 14.2. The van der Waals surface area contributed by atoms with E-state index in [2.05, 4.69) is 9.69 Å². The summed E-state index contributed by atoms with van der Waals surface area (Å²) in [5.74, 6) is 0. The summed E-state index contributed by atoms with van der Waals surface area (Å²) in [6.07, 6.45) is 0.546. The second-order valence-electron chi connectivity index (χ2n) is 6.14. The Balaban J connectivity index is 2.42. The van der Waals surface area contributed by atoms with Gasteiger partial charge in [0.15, 0.2) is 0 Å². The van der Waals surface area contributed by atoms with Crippen LogP contribution in [0.1, 0.15) is 51.9 Å². The number of hydrogen-bond donors (Lipinski definition) is 0. The second-order valence-corrected chi connectivity index (χ2v) is 6.14. The van der Waals surface area contributed by atoms with Gasteiger partial charge in [-0.25, -0.2) is 13.1 Å². The molecule has 0 saturated heterocycles. The fourth-order valence-electron chi connectivity index (χ4n) is 3.39. The molecular formula is C21H22N2. The molecule has 0 aromatic heterocycles. The fraction of sp³-hybridized carbons (Fsp3) is 0.333. The molecule has 0 aliphatic carbocycles. The Morgan fingerprint density at radius 2 is 1.00 bits per heavy atom. The average Bonchev–Trinajstić information content (AvgIpc) is 2.51. The highest BCUT2D eigenvalue weighted by molar-refractivity contribution is 5.41. The Morgan fingerprint density at radius 3 is 1.26 bits per heavy atom. The molecule has 0 fully saturated rings. The first-order valence-electron chi connectivity index (χ1n) is 7.85. The lowest BCUT2D eigenvalue weighted by atomic mass is 9.88. The van der Waals surface area contributed by atoms with Crippen molar-refractivity contribution in [2.75, 3.05) is 0 Å². The van der Waals surface area contributed by atoms with Gasteiger partial charge in [0.05, 0.1) is 0 Å². The molecule has 23 heavy (non-hydrogen) atoms. The van der Waals surface area contributed by atoms with Crippen LogP contribution in [0.4, 0.5) is 0 Å². The van der Waals surface area contributed by atoms with E-state index in [1.54, 1.807) is 0 Å². The molecule has 0 aliphatic heterocycles. The molecule has 2 unspecified atom stereocenters. The third-order valence-electron chi connectivity index (χ3n) is 4.51. The van der Waals surface area contributed by atoms with Gasteiger partial charge in [-0.05, 0) is 49.9 Å². The molecule has 0 N–H and O–H groups in total. The van der Waals surface area contributed by atoms with E-state index in [4.69, 9.17) is 13.1 Å². The minimum Gasteiger partial charge on any atom is -0.308 e. The van der Waals surface area contributed by atoms with E-state index in [1.165, 1.54) is 0 Å². The van der Waals surface area contributed by atoms with Crippen molar-refractivity contribution < 1.29 is 0 Å². The molecule has 2 rings (SSSR count). The van der Waals surface area contributed by atoms with Gasteiger partial charge >= 0.3 is 0 Å². The third-order valence-corrected chi connectivity index (χ3v) is 4.51. The molecule has 0 spiro atoms. The number of aryl methyl sites for hydroxylation is 4. The maximum atomic E-state index is 7.65. The summed E-state index contributed by atoms with van der Waals surface area (Å²) in [7, 11) is 0. The van der Waals surface area contributed by atoms with Crippen molar-refractivity contribution in [2.24, 2.45) is 0 Å². The SMILES string of the molecule is [C-]#[N+]C(CC([N+]#[C-])c1c(C)cccc1C)c1c(C)cccc1C. The molecule has 2 aromatic rings. The highest BCUT2D eigenvalue weighted by Gasteiger charge is 2.31. The molecule has 0 amide bonds. The van der Waals surface area contributed by atoms with E-state index in [0.29, 0.717) is 6.42 Å². The van der Waals surface area contributed by atoms with E-state index in [-0.39, 0.29) is 12.1 Å². The Labute approximate surface area is 139 Å². The highest BCUT2D eigenvalue weighted by atomic mass is 14.8. The van der Waals surface area contributed by atoms with Gasteiger partial charge in [0.25, 0.3) is 12.1 Å². The lowest BCUT2D eigenvalue weighted by Gasteiger charge is -2.15. The molecule has 2 heteroatoms. The first-order chi connectivity index (χ1) is 11.0. The van der Waals surface area contributed by atoms with E-state index in [9.17, 15) is 0 Å². The van der Waals surface area contributed by atoms with Crippen molar-refractivity contribution in [1.82, 2.24) is 0 Å². The van der Waals surface area contributed by atoms with Gasteiger partial charge < -0.3 is 9.69 Å². The van der Waals surface area contributed by atoms with Crippen molar-refractivity contribution in [2.45, 2.75) is 46.2 Å². The van der Waals surface area contributed by atoms with E-state index in [1.807, 2.05) is 64.1 Å². The molecule has 0 bridgehead atoms. The number of rotatable bonds is 4. The molecule has 116 valence electrons. The van der Waals surface area contributed by atoms with Crippen molar-refractivity contribution in [3.05, 3.63) is 92.6 Å². The summed E-state index contributed by atoms with van der Waals surface area (Å²) in [6, 6.07) is 11.7. The minimum absolute atomic E-state index is 0.269. The largest absolute Gasteiger partial charge is 0.308 e. The Hall–Kier alpha value is -2.58. The number of benzene rings is 2. The first-order valence-corrected chi connectivity index (χ1v) is 7.85. The summed E-state index contributed by atoms with van der Waals surface area (Å²) in [4.78, 5) is 7.72. The van der Waals surface area contributed by atoms with Crippen LogP contribution in [0.3, 0.4) is 0 Å². The molecule has 2 nitrogen and oxygen atoms in total. The van der Waals surface area contributed by atoms with Crippen molar-refractivity contribution >= 4 is 0 Å². The smallest absolute Gasteiger partial charge is 0.257 e. The van der Waals surface area contributed by atoms with Crippen LogP contribution in [0, 0.1) is 40.8 Å². The summed E-state index contributed by atoms with van der Waals surface area (Å²) in [5, 5.41) is 0. The lowest BCUT2D eigenvalue weighted by Crippen LogP contribution is -2.07. The van der Waals surface area contributed by atoms with Crippen LogP contribution in [0.5, 0.6) is 0 Å². The van der Waals surface area contributed by atoms with Crippen LogP contribution < -0.4 is 0 Å². The Bertz CT molecular complexity index is 682. The Morgan fingerprint density at radius 1 is 0.696 bits per heavy atom. The normalized spacial score (nSPS) is 13.0. The zero-order valence-corrected chi connectivity index (χ0v) is 14.2. The second kappa shape index (κ2) is 7.12. The van der Waals surface area contributed by atoms with Gasteiger partial charge in [-0.2, -0.15) is 0 Å². The standard InChI is InChI=1S/C21H22N2/c1-14-9-7-10-15(2)20(14)18(22-5)13-19(23-6)21-16(3)11-8-12-17(21)4/h7-12,18-19H,13H2,1-4H3. The van der Waals surface area contributed by atoms with Crippen LogP contribution in [-0.2, 0) is 0 Å². The van der Waals surface area contributed by atoms with Crippen LogP contribution in [-0.4, -0.2) is 0 Å². The van der Waals surface area contributed by atoms with Crippen LogP contribution in [0.2, 0.25) is 0 Å². The van der Waals surface area contributed by atoms with Gasteiger partial charge in [0.1, 0.15) is 6.42 Å². The predicted molar refractivity (Wildman–Crippen MR) is 95.1 cm³/mol. The summed E-state index contributed by atoms with van der Waals surface area (Å²) >= 11 is 0. The molecule has 0 radical (unpaired) electrons. The molecular weight excluding hydrogens is 280 g/mol. The minimum atomic E-state index is -0.269. The van der Waals surface area contributed by atoms with Crippen LogP contribution >= 0.6 is 0 Å². The molecule has 0 aliphatic rings. The van der Waals surface area contributed by atoms with Gasteiger partial charge in [0.2, 0.25) is 0 Å². The lowest BCUT2D eigenvalue weighted by molar-refractivity contribution is 0.656. The van der Waals surface area contributed by atoms with Crippen molar-refractivity contribution in [3.63, 3.8) is 0 Å². The Kier molecular flexibility index (Phi) is 5.20. The summed E-state index contributed by atoms with van der Waals surface area (Å²) in [6.45, 7) is 23.5. The molecule has 2 aromatic carbocycles. The number of nitrogens with zero attached hydrogens (tertiary/aromatic N) is 2. The number of hydrogen-bond acceptors (Lipinski definition) is 0. The highest BCUT2D eigenvalue weighted by Crippen LogP contribution is 2.37. The molecule has 2 atom stereocenters. The van der Waals surface area contributed by atoms with E-state index < -0.39 is 0 Å². The third kappa shape index (κ3) is 3.43. The van der Waals surface area contributed by atoms with Crippen LogP contribution in [0.15, 0.2) is 36.4 Å². The van der Waals surface area contributed by atoms with E-state index in [0.717, 1.165) is 33.4 Å². The predicted octanol–water partition coefficient (Wildman–Crippen LogP) is 5.93. The average molecular weight is 302 g/mol. The topological polar surface area (TPSA) is 8.72 Å². The van der Waals surface area contributed by atoms with Gasteiger partial charge in [-0.15, -0.1) is 0 Å².